The van der Waals surface area contributed by atoms with Gasteiger partial charge in [-0.05, 0) is 6.42 Å². The number of aliphatic hydroxyl groups excluding tert-OH is 3. The number of ether oxygens (including phenoxy) is 1. The number of rotatable bonds is 7. The topological polar surface area (TPSA) is 197 Å². The summed E-state index contributed by atoms with van der Waals surface area (Å²) >= 11 is 0. The lowest BCUT2D eigenvalue weighted by molar-refractivity contribution is -0.139. The number of carboxylic acids is 1. The molecule has 0 saturated carbocycles. The fourth-order valence-electron chi connectivity index (χ4n) is 1.79. The summed E-state index contributed by atoms with van der Waals surface area (Å²) in [5, 5.41) is 36.5. The van der Waals surface area contributed by atoms with Crippen LogP contribution in [0.15, 0.2) is 0 Å². The molecular weight excluding hydrogens is 325 g/mol. The van der Waals surface area contributed by atoms with Crippen molar-refractivity contribution >= 4 is 19.5 Å². The molecule has 0 bridgehead atoms. The number of hydrogen-bond donors (Lipinski definition) is 6. The zero-order valence-electron chi connectivity index (χ0n) is 11.3. The SMILES string of the molecule is N[C@@H](CCC(=O)OP(=O)(O)C1O[C@H](CO)[C@@H](O)[C@H]1O)C(=O)O. The summed E-state index contributed by atoms with van der Waals surface area (Å²) < 4.78 is 21.0. The van der Waals surface area contributed by atoms with Crippen LogP contribution in [0.4, 0.5) is 0 Å². The molecule has 128 valence electrons. The number of aliphatic hydroxyl groups is 3. The molecule has 22 heavy (non-hydrogen) atoms. The quantitative estimate of drug-likeness (QED) is 0.264. The smallest absolute Gasteiger partial charge is 0.410 e. The van der Waals surface area contributed by atoms with Crippen molar-refractivity contribution in [1.82, 2.24) is 0 Å². The van der Waals surface area contributed by atoms with Crippen molar-refractivity contribution in [2.24, 2.45) is 5.73 Å². The Kier molecular flexibility index (Phi) is 6.44. The Bertz CT molecular complexity index is 471. The van der Waals surface area contributed by atoms with Crippen LogP contribution in [0.1, 0.15) is 12.8 Å². The summed E-state index contributed by atoms with van der Waals surface area (Å²) in [4.78, 5) is 31.5. The number of carbonyl (C=O) groups is 2. The average molecular weight is 343 g/mol. The average Bonchev–Trinajstić information content (AvgIpc) is 2.72. The lowest BCUT2D eigenvalue weighted by atomic mass is 10.2. The second kappa shape index (κ2) is 7.47. The molecule has 0 amide bonds. The van der Waals surface area contributed by atoms with Gasteiger partial charge in [-0.25, -0.2) is 4.57 Å². The van der Waals surface area contributed by atoms with Gasteiger partial charge >= 0.3 is 19.5 Å². The van der Waals surface area contributed by atoms with E-state index in [0.717, 1.165) is 0 Å². The molecule has 6 atom stereocenters. The summed E-state index contributed by atoms with van der Waals surface area (Å²) in [5.74, 6) is -4.46. The van der Waals surface area contributed by atoms with Gasteiger partial charge in [-0.2, -0.15) is 0 Å². The lowest BCUT2D eigenvalue weighted by Gasteiger charge is -2.20. The maximum absolute atomic E-state index is 11.9. The normalized spacial score (nSPS) is 32.2. The van der Waals surface area contributed by atoms with Crippen LogP contribution in [0.2, 0.25) is 0 Å². The number of aliphatic carboxylic acids is 1. The maximum Gasteiger partial charge on any atom is 0.410 e. The van der Waals surface area contributed by atoms with E-state index in [1.54, 1.807) is 0 Å². The van der Waals surface area contributed by atoms with Crippen molar-refractivity contribution in [3.8, 4) is 0 Å². The molecule has 0 aliphatic carbocycles. The van der Waals surface area contributed by atoms with Gasteiger partial charge in [0.15, 0.2) is 5.85 Å². The minimum atomic E-state index is -4.81. The van der Waals surface area contributed by atoms with Crippen LogP contribution in [0.25, 0.3) is 0 Å². The van der Waals surface area contributed by atoms with Gasteiger partial charge in [-0.15, -0.1) is 0 Å². The number of nitrogens with two attached hydrogens (primary N) is 1. The predicted molar refractivity (Wildman–Crippen MR) is 68.5 cm³/mol. The molecule has 0 radical (unpaired) electrons. The third-order valence-electron chi connectivity index (χ3n) is 3.05. The Morgan fingerprint density at radius 3 is 2.36 bits per heavy atom. The molecule has 1 fully saturated rings. The fraction of sp³-hybridized carbons (Fsp3) is 0.800. The van der Waals surface area contributed by atoms with Crippen LogP contribution in [-0.2, 0) is 23.4 Å². The van der Waals surface area contributed by atoms with Crippen LogP contribution in [-0.4, -0.2) is 74.1 Å². The first-order chi connectivity index (χ1) is 10.1. The van der Waals surface area contributed by atoms with Crippen LogP contribution in [0.5, 0.6) is 0 Å². The highest BCUT2D eigenvalue weighted by molar-refractivity contribution is 7.54. The van der Waals surface area contributed by atoms with Gasteiger partial charge in [0.1, 0.15) is 24.4 Å². The first-order valence-corrected chi connectivity index (χ1v) is 7.90. The van der Waals surface area contributed by atoms with Crippen molar-refractivity contribution in [3.05, 3.63) is 0 Å². The highest BCUT2D eigenvalue weighted by Gasteiger charge is 2.53. The van der Waals surface area contributed by atoms with E-state index >= 15 is 0 Å². The molecule has 2 unspecified atom stereocenters. The van der Waals surface area contributed by atoms with Gasteiger partial charge in [0.2, 0.25) is 0 Å². The molecule has 0 spiro atoms. The standard InChI is InChI=1S/C10H18NO10P/c11-4(9(16)17)1-2-6(13)21-22(18,19)10-8(15)7(14)5(3-12)20-10/h4-5,7-8,10,12,14-15H,1-3,11H2,(H,16,17)(H,18,19)/t4-,5+,7+,8+,10?/m0/s1. The Balaban J connectivity index is 2.62. The minimum Gasteiger partial charge on any atom is -0.480 e. The summed E-state index contributed by atoms with van der Waals surface area (Å²) in [6, 6.07) is -1.33. The molecular formula is C10H18NO10P. The zero-order valence-corrected chi connectivity index (χ0v) is 12.2. The van der Waals surface area contributed by atoms with Crippen LogP contribution in [0, 0.1) is 0 Å². The van der Waals surface area contributed by atoms with Crippen LogP contribution in [0.3, 0.4) is 0 Å². The molecule has 1 saturated heterocycles. The van der Waals surface area contributed by atoms with E-state index in [-0.39, 0.29) is 6.42 Å². The minimum absolute atomic E-state index is 0.315. The Morgan fingerprint density at radius 2 is 1.91 bits per heavy atom. The Hall–Kier alpha value is -1.07. The van der Waals surface area contributed by atoms with Crippen molar-refractivity contribution in [1.29, 1.82) is 0 Å². The van der Waals surface area contributed by atoms with E-state index in [1.807, 2.05) is 0 Å². The monoisotopic (exact) mass is 343 g/mol. The van der Waals surface area contributed by atoms with Gasteiger partial charge in [-0.3, -0.25) is 9.59 Å². The van der Waals surface area contributed by atoms with Crippen LogP contribution < -0.4 is 5.73 Å². The highest BCUT2D eigenvalue weighted by Crippen LogP contribution is 2.53. The second-order valence-electron chi connectivity index (χ2n) is 4.74. The number of hydrogen-bond acceptors (Lipinski definition) is 9. The molecule has 0 aromatic rings. The molecule has 0 aromatic carbocycles. The van der Waals surface area contributed by atoms with Gasteiger partial charge in [0, 0.05) is 6.42 Å². The van der Waals surface area contributed by atoms with E-state index in [0.29, 0.717) is 0 Å². The predicted octanol–water partition coefficient (Wildman–Crippen LogP) is -2.65. The van der Waals surface area contributed by atoms with Gasteiger partial charge in [0.05, 0.1) is 6.61 Å². The molecule has 11 nitrogen and oxygen atoms in total. The molecule has 12 heteroatoms. The summed E-state index contributed by atoms with van der Waals surface area (Å²) in [6.45, 7) is -0.712. The molecule has 1 aliphatic rings. The van der Waals surface area contributed by atoms with Crippen molar-refractivity contribution in [3.63, 3.8) is 0 Å². The van der Waals surface area contributed by atoms with Crippen LogP contribution >= 0.6 is 7.60 Å². The summed E-state index contributed by atoms with van der Waals surface area (Å²) in [7, 11) is -4.81. The van der Waals surface area contributed by atoms with E-state index in [4.69, 9.17) is 20.7 Å². The summed E-state index contributed by atoms with van der Waals surface area (Å²) in [6.07, 6.45) is -5.59. The van der Waals surface area contributed by atoms with Gasteiger partial charge in [0.25, 0.3) is 0 Å². The molecule has 1 aliphatic heterocycles. The number of carbonyl (C=O) groups excluding carboxylic acids is 1. The molecule has 1 rings (SSSR count). The fourth-order valence-corrected chi connectivity index (χ4v) is 3.15. The van der Waals surface area contributed by atoms with Gasteiger partial charge in [-0.1, -0.05) is 0 Å². The number of carboxylic acid groups (broad SMARTS) is 1. The molecule has 0 aromatic heterocycles. The van der Waals surface area contributed by atoms with E-state index in [1.165, 1.54) is 0 Å². The first-order valence-electron chi connectivity index (χ1n) is 6.26. The largest absolute Gasteiger partial charge is 0.480 e. The van der Waals surface area contributed by atoms with E-state index in [2.05, 4.69) is 4.52 Å². The lowest BCUT2D eigenvalue weighted by Crippen LogP contribution is -2.34. The maximum atomic E-state index is 11.9. The van der Waals surface area contributed by atoms with Crippen molar-refractivity contribution in [2.75, 3.05) is 6.61 Å². The van der Waals surface area contributed by atoms with Gasteiger partial charge < -0.3 is 40.3 Å². The van der Waals surface area contributed by atoms with E-state index < -0.39 is 62.8 Å². The Morgan fingerprint density at radius 1 is 1.32 bits per heavy atom. The highest BCUT2D eigenvalue weighted by atomic mass is 31.2. The third kappa shape index (κ3) is 4.46. The van der Waals surface area contributed by atoms with Crippen molar-refractivity contribution < 1.29 is 48.7 Å². The van der Waals surface area contributed by atoms with E-state index in [9.17, 15) is 29.3 Å². The second-order valence-corrected chi connectivity index (χ2v) is 6.56. The first kappa shape index (κ1) is 19.0. The Labute approximate surface area is 124 Å². The molecule has 7 N–H and O–H groups in total. The summed E-state index contributed by atoms with van der Waals surface area (Å²) in [5.41, 5.74) is 5.16. The van der Waals surface area contributed by atoms with Crippen molar-refractivity contribution in [2.45, 2.75) is 43.0 Å². The third-order valence-corrected chi connectivity index (χ3v) is 4.58. The molecule has 1 heterocycles. The zero-order chi connectivity index (χ0) is 17.1.